The molecule has 0 saturated heterocycles. The number of aromatic nitrogens is 2. The quantitative estimate of drug-likeness (QED) is 0.0837. The van der Waals surface area contributed by atoms with Crippen molar-refractivity contribution < 1.29 is 22.9 Å². The normalized spacial score (nSPS) is 12.0. The molecule has 0 aliphatic rings. The Kier molecular flexibility index (Phi) is 12.9. The van der Waals surface area contributed by atoms with Crippen LogP contribution in [0.3, 0.4) is 0 Å². The Hall–Kier alpha value is -4.04. The number of nitrogens with zero attached hydrogens (tertiary/aromatic N) is 2. The first-order valence-electron chi connectivity index (χ1n) is 15.2. The first-order valence-corrected chi connectivity index (χ1v) is 16.6. The number of imidazole rings is 1. The third-order valence-electron chi connectivity index (χ3n) is 7.05. The number of unbranched alkanes of at least 4 members (excludes halogenated alkanes) is 1. The van der Waals surface area contributed by atoms with Gasteiger partial charge in [-0.25, -0.2) is 4.98 Å². The summed E-state index contributed by atoms with van der Waals surface area (Å²) in [4.78, 5) is 17.8. The Morgan fingerprint density at radius 3 is 2.41 bits per heavy atom. The van der Waals surface area contributed by atoms with Crippen LogP contribution in [0.15, 0.2) is 90.2 Å². The predicted molar refractivity (Wildman–Crippen MR) is 175 cm³/mol. The van der Waals surface area contributed by atoms with Crippen LogP contribution in [0.4, 0.5) is 4.39 Å². The fraction of sp³-hybridized carbons (Fsp3) is 0.333. The van der Waals surface area contributed by atoms with E-state index in [0.717, 1.165) is 59.5 Å². The molecule has 0 aliphatic carbocycles. The van der Waals surface area contributed by atoms with E-state index in [9.17, 15) is 13.4 Å². The molecule has 1 aromatic heterocycles. The van der Waals surface area contributed by atoms with Crippen molar-refractivity contribution in [3.63, 3.8) is 0 Å². The van der Waals surface area contributed by atoms with E-state index in [-0.39, 0.29) is 18.8 Å². The van der Waals surface area contributed by atoms with Gasteiger partial charge < -0.3 is 14.0 Å². The summed E-state index contributed by atoms with van der Waals surface area (Å²) in [6, 6.07) is 21.1. The van der Waals surface area contributed by atoms with E-state index in [1.807, 2.05) is 71.3 Å². The van der Waals surface area contributed by atoms with Gasteiger partial charge in [0.1, 0.15) is 11.5 Å². The van der Waals surface area contributed by atoms with Crippen LogP contribution >= 0.6 is 0 Å². The fourth-order valence-corrected chi connectivity index (χ4v) is 5.75. The van der Waals surface area contributed by atoms with Crippen molar-refractivity contribution in [2.24, 2.45) is 0 Å². The summed E-state index contributed by atoms with van der Waals surface area (Å²) in [5.74, 6) is 1.75. The number of hydrogen-bond acceptors (Lipinski definition) is 5. The average molecular weight is 617 g/mol. The van der Waals surface area contributed by atoms with E-state index in [1.165, 1.54) is 0 Å². The minimum Gasteiger partial charge on any atom is -0.494 e. The Morgan fingerprint density at radius 2 is 1.68 bits per heavy atom. The molecule has 232 valence electrons. The number of carbonyl (C=O) groups is 1. The van der Waals surface area contributed by atoms with Crippen LogP contribution in [-0.2, 0) is 34.3 Å². The first-order chi connectivity index (χ1) is 21.5. The van der Waals surface area contributed by atoms with E-state index >= 15 is 0 Å². The highest BCUT2D eigenvalue weighted by atomic mass is 32.2. The maximum Gasteiger partial charge on any atom is 0.160 e. The number of ether oxygens (including phenoxy) is 2. The van der Waals surface area contributed by atoms with Gasteiger partial charge in [-0.1, -0.05) is 50.6 Å². The molecule has 8 heteroatoms. The average Bonchev–Trinajstić information content (AvgIpc) is 3.47. The minimum atomic E-state index is -1.21. The molecule has 0 N–H and O–H groups in total. The highest BCUT2D eigenvalue weighted by molar-refractivity contribution is 7.84. The standard InChI is InChI=1S/C36H41FN2O4S/c1-3-5-21-42-34-14-10-29(11-15-34)30-12-18-36(43-22-6-19-37)31(24-30)9-13-33(40)23-28-7-16-35(17-8-28)44(41)26-32-25-38-27-39(32)20-4-2/h7-18,24-25,27H,3-6,19-23,26H2,1-2H3/b13-9+. The summed E-state index contributed by atoms with van der Waals surface area (Å²) < 4.78 is 39.3. The number of halogens is 1. The molecule has 0 fully saturated rings. The van der Waals surface area contributed by atoms with Gasteiger partial charge in [0.25, 0.3) is 0 Å². The largest absolute Gasteiger partial charge is 0.494 e. The number of alkyl halides is 1. The van der Waals surface area contributed by atoms with Crippen LogP contribution < -0.4 is 9.47 Å². The van der Waals surface area contributed by atoms with Gasteiger partial charge in [-0.3, -0.25) is 13.4 Å². The monoisotopic (exact) mass is 616 g/mol. The maximum atomic E-state index is 12.9. The van der Waals surface area contributed by atoms with Gasteiger partial charge in [0.2, 0.25) is 0 Å². The molecule has 0 saturated carbocycles. The lowest BCUT2D eigenvalue weighted by Gasteiger charge is -2.12. The highest BCUT2D eigenvalue weighted by Gasteiger charge is 2.11. The molecule has 3 aromatic carbocycles. The maximum absolute atomic E-state index is 12.9. The van der Waals surface area contributed by atoms with Crippen LogP contribution in [-0.4, -0.2) is 39.4 Å². The Bertz CT molecular complexity index is 1530. The molecule has 1 atom stereocenters. The third-order valence-corrected chi connectivity index (χ3v) is 8.41. The van der Waals surface area contributed by atoms with Gasteiger partial charge in [-0.15, -0.1) is 0 Å². The molecule has 0 radical (unpaired) electrons. The van der Waals surface area contributed by atoms with Crippen molar-refractivity contribution in [1.29, 1.82) is 0 Å². The van der Waals surface area contributed by atoms with E-state index in [0.29, 0.717) is 29.4 Å². The zero-order valence-corrected chi connectivity index (χ0v) is 26.4. The second-order valence-electron chi connectivity index (χ2n) is 10.6. The molecule has 0 aliphatic heterocycles. The zero-order valence-electron chi connectivity index (χ0n) is 25.5. The molecule has 0 amide bonds. The smallest absolute Gasteiger partial charge is 0.160 e. The Labute approximate surface area is 262 Å². The van der Waals surface area contributed by atoms with Gasteiger partial charge in [0.15, 0.2) is 5.78 Å². The van der Waals surface area contributed by atoms with Crippen LogP contribution in [0.25, 0.3) is 17.2 Å². The second-order valence-corrected chi connectivity index (χ2v) is 12.0. The molecule has 0 bridgehead atoms. The lowest BCUT2D eigenvalue weighted by Crippen LogP contribution is -2.05. The summed E-state index contributed by atoms with van der Waals surface area (Å²) >= 11 is 0. The molecule has 4 rings (SSSR count). The lowest BCUT2D eigenvalue weighted by molar-refractivity contribution is -0.113. The summed E-state index contributed by atoms with van der Waals surface area (Å²) in [6.07, 6.45) is 10.4. The number of ketones is 1. The number of benzene rings is 3. The first kappa shape index (κ1) is 32.9. The third kappa shape index (κ3) is 9.74. The van der Waals surface area contributed by atoms with Crippen LogP contribution in [0.1, 0.15) is 56.4 Å². The predicted octanol–water partition coefficient (Wildman–Crippen LogP) is 8.01. The summed E-state index contributed by atoms with van der Waals surface area (Å²) in [5, 5.41) is 0. The zero-order chi connectivity index (χ0) is 31.1. The van der Waals surface area contributed by atoms with Crippen LogP contribution in [0, 0.1) is 0 Å². The van der Waals surface area contributed by atoms with Crippen molar-refractivity contribution in [2.75, 3.05) is 19.9 Å². The number of hydrogen-bond donors (Lipinski definition) is 0. The van der Waals surface area contributed by atoms with Gasteiger partial charge in [0.05, 0.1) is 48.5 Å². The number of allylic oxidation sites excluding steroid dienone is 1. The van der Waals surface area contributed by atoms with E-state index in [4.69, 9.17) is 9.47 Å². The van der Waals surface area contributed by atoms with E-state index in [2.05, 4.69) is 18.8 Å². The Balaban J connectivity index is 1.42. The van der Waals surface area contributed by atoms with Crippen molar-refractivity contribution >= 4 is 22.7 Å². The van der Waals surface area contributed by atoms with Gasteiger partial charge in [-0.2, -0.15) is 0 Å². The van der Waals surface area contributed by atoms with Gasteiger partial charge >= 0.3 is 0 Å². The number of carbonyl (C=O) groups excluding carboxylic acids is 1. The molecular weight excluding hydrogens is 575 g/mol. The molecule has 6 nitrogen and oxygen atoms in total. The molecule has 1 heterocycles. The Morgan fingerprint density at radius 1 is 0.932 bits per heavy atom. The lowest BCUT2D eigenvalue weighted by atomic mass is 10.0. The van der Waals surface area contributed by atoms with E-state index in [1.54, 1.807) is 24.7 Å². The number of rotatable bonds is 18. The highest BCUT2D eigenvalue weighted by Crippen LogP contribution is 2.29. The molecule has 0 spiro atoms. The van der Waals surface area contributed by atoms with E-state index < -0.39 is 17.5 Å². The summed E-state index contributed by atoms with van der Waals surface area (Å²) in [7, 11) is -1.21. The molecular formula is C36H41FN2O4S. The molecule has 4 aromatic rings. The SMILES string of the molecule is CCCCOc1ccc(-c2ccc(OCCCF)c(/C=C/C(=O)Cc3ccc(S(=O)Cc4cncn4CCC)cc3)c2)cc1. The van der Waals surface area contributed by atoms with Gasteiger partial charge in [-0.05, 0) is 78.1 Å². The van der Waals surface area contributed by atoms with Crippen molar-refractivity contribution in [3.05, 3.63) is 102 Å². The molecule has 1 unspecified atom stereocenters. The topological polar surface area (TPSA) is 70.4 Å². The summed E-state index contributed by atoms with van der Waals surface area (Å²) in [5.41, 5.74) is 4.50. The van der Waals surface area contributed by atoms with Crippen LogP contribution in [0.2, 0.25) is 0 Å². The van der Waals surface area contributed by atoms with Crippen molar-refractivity contribution in [3.8, 4) is 22.6 Å². The van der Waals surface area contributed by atoms with Gasteiger partial charge in [0, 0.05) is 36.0 Å². The van der Waals surface area contributed by atoms with Crippen molar-refractivity contribution in [2.45, 2.75) is 63.1 Å². The number of aryl methyl sites for hydroxylation is 1. The molecule has 44 heavy (non-hydrogen) atoms. The summed E-state index contributed by atoms with van der Waals surface area (Å²) in [6.45, 7) is 5.57. The second kappa shape index (κ2) is 17.3. The fourth-order valence-electron chi connectivity index (χ4n) is 4.63. The van der Waals surface area contributed by atoms with Crippen molar-refractivity contribution in [1.82, 2.24) is 9.55 Å². The van der Waals surface area contributed by atoms with Crippen LogP contribution in [0.5, 0.6) is 11.5 Å². The minimum absolute atomic E-state index is 0.0731.